The van der Waals surface area contributed by atoms with Gasteiger partial charge in [0.15, 0.2) is 5.82 Å². The van der Waals surface area contributed by atoms with Gasteiger partial charge in [-0.05, 0) is 12.8 Å². The van der Waals surface area contributed by atoms with Gasteiger partial charge in [0, 0.05) is 32.1 Å². The van der Waals surface area contributed by atoms with Crippen molar-refractivity contribution in [2.45, 2.75) is 31.2 Å². The molecule has 6 heteroatoms. The summed E-state index contributed by atoms with van der Waals surface area (Å²) in [5.74, 6) is 1.58. The van der Waals surface area contributed by atoms with Gasteiger partial charge in [-0.1, -0.05) is 5.16 Å². The topological polar surface area (TPSA) is 83.4 Å². The molecule has 1 aromatic rings. The van der Waals surface area contributed by atoms with E-state index in [2.05, 4.69) is 10.1 Å². The molecular formula is C11H19N3O3. The number of nitrogens with two attached hydrogens (primary N) is 1. The third-order valence-electron chi connectivity index (χ3n) is 2.83. The van der Waals surface area contributed by atoms with Crippen LogP contribution in [0.5, 0.6) is 0 Å². The quantitative estimate of drug-likeness (QED) is 0.807. The number of hydrogen-bond acceptors (Lipinski definition) is 6. The van der Waals surface area contributed by atoms with Crippen LogP contribution in [0.25, 0.3) is 0 Å². The first-order chi connectivity index (χ1) is 8.29. The Morgan fingerprint density at radius 3 is 3.18 bits per heavy atom. The van der Waals surface area contributed by atoms with Gasteiger partial charge in [0.2, 0.25) is 5.89 Å². The number of aromatic nitrogens is 2. The molecule has 96 valence electrons. The Labute approximate surface area is 100 Å². The molecule has 17 heavy (non-hydrogen) atoms. The zero-order chi connectivity index (χ0) is 12.1. The first kappa shape index (κ1) is 12.5. The maximum Gasteiger partial charge on any atom is 0.228 e. The predicted octanol–water partition coefficient (Wildman–Crippen LogP) is 0.480. The largest absolute Gasteiger partial charge is 0.383 e. The fourth-order valence-electron chi connectivity index (χ4n) is 1.96. The van der Waals surface area contributed by atoms with E-state index in [1.807, 2.05) is 0 Å². The lowest BCUT2D eigenvalue weighted by Gasteiger charge is -2.18. The summed E-state index contributed by atoms with van der Waals surface area (Å²) in [6.45, 7) is 2.01. The van der Waals surface area contributed by atoms with Gasteiger partial charge in [-0.25, -0.2) is 0 Å². The normalized spacial score (nSPS) is 22.6. The van der Waals surface area contributed by atoms with Crippen molar-refractivity contribution in [3.8, 4) is 0 Å². The van der Waals surface area contributed by atoms with Crippen LogP contribution in [-0.4, -0.2) is 43.1 Å². The van der Waals surface area contributed by atoms with Gasteiger partial charge in [-0.15, -0.1) is 0 Å². The standard InChI is InChI=1S/C11H19N3O3/c1-15-7-9(12)5-10-13-11(14-17-10)8-3-2-4-16-6-8/h8-9H,2-7,12H2,1H3. The smallest absolute Gasteiger partial charge is 0.228 e. The minimum atomic E-state index is -0.101. The van der Waals surface area contributed by atoms with E-state index in [0.717, 1.165) is 25.3 Å². The van der Waals surface area contributed by atoms with Crippen LogP contribution >= 0.6 is 0 Å². The Balaban J connectivity index is 1.90. The molecule has 2 unspecified atom stereocenters. The average Bonchev–Trinajstić information content (AvgIpc) is 2.79. The lowest BCUT2D eigenvalue weighted by atomic mass is 10.0. The second-order valence-corrected chi connectivity index (χ2v) is 4.38. The molecule has 2 heterocycles. The molecule has 0 aromatic carbocycles. The third kappa shape index (κ3) is 3.49. The van der Waals surface area contributed by atoms with Crippen molar-refractivity contribution >= 4 is 0 Å². The van der Waals surface area contributed by atoms with Crippen molar-refractivity contribution in [3.63, 3.8) is 0 Å². The Bertz CT molecular complexity index is 336. The van der Waals surface area contributed by atoms with E-state index in [0.29, 0.717) is 25.5 Å². The summed E-state index contributed by atoms with van der Waals surface area (Å²) >= 11 is 0. The van der Waals surface area contributed by atoms with Crippen molar-refractivity contribution in [2.75, 3.05) is 26.9 Å². The zero-order valence-electron chi connectivity index (χ0n) is 10.1. The number of methoxy groups -OCH3 is 1. The summed E-state index contributed by atoms with van der Waals surface area (Å²) < 4.78 is 15.5. The molecular weight excluding hydrogens is 222 g/mol. The van der Waals surface area contributed by atoms with Crippen LogP contribution in [0.4, 0.5) is 0 Å². The molecule has 2 rings (SSSR count). The molecule has 1 aliphatic heterocycles. The van der Waals surface area contributed by atoms with E-state index in [4.69, 9.17) is 19.7 Å². The molecule has 0 spiro atoms. The summed E-state index contributed by atoms with van der Waals surface area (Å²) in [6.07, 6.45) is 2.66. The number of nitrogens with zero attached hydrogens (tertiary/aromatic N) is 2. The van der Waals surface area contributed by atoms with Gasteiger partial charge in [-0.3, -0.25) is 0 Å². The molecule has 0 bridgehead atoms. The summed E-state index contributed by atoms with van der Waals surface area (Å²) in [5, 5.41) is 3.99. The van der Waals surface area contributed by atoms with E-state index in [9.17, 15) is 0 Å². The lowest BCUT2D eigenvalue weighted by Crippen LogP contribution is -2.28. The molecule has 1 aromatic heterocycles. The molecule has 1 aliphatic rings. The minimum Gasteiger partial charge on any atom is -0.383 e. The van der Waals surface area contributed by atoms with Crippen LogP contribution in [-0.2, 0) is 15.9 Å². The van der Waals surface area contributed by atoms with Gasteiger partial charge >= 0.3 is 0 Å². The number of hydrogen-bond donors (Lipinski definition) is 1. The SMILES string of the molecule is COCC(N)Cc1nc(C2CCCOC2)no1. The van der Waals surface area contributed by atoms with E-state index in [1.165, 1.54) is 0 Å². The molecule has 1 saturated heterocycles. The fourth-order valence-corrected chi connectivity index (χ4v) is 1.96. The van der Waals surface area contributed by atoms with E-state index in [1.54, 1.807) is 7.11 Å². The molecule has 2 atom stereocenters. The van der Waals surface area contributed by atoms with Crippen LogP contribution < -0.4 is 5.73 Å². The van der Waals surface area contributed by atoms with Crippen molar-refractivity contribution < 1.29 is 14.0 Å². The molecule has 2 N–H and O–H groups in total. The summed E-state index contributed by atoms with van der Waals surface area (Å²) in [4.78, 5) is 4.36. The Morgan fingerprint density at radius 1 is 1.59 bits per heavy atom. The number of ether oxygens (including phenoxy) is 2. The highest BCUT2D eigenvalue weighted by Gasteiger charge is 2.22. The van der Waals surface area contributed by atoms with Crippen LogP contribution in [0, 0.1) is 0 Å². The van der Waals surface area contributed by atoms with E-state index < -0.39 is 0 Å². The molecule has 6 nitrogen and oxygen atoms in total. The maximum absolute atomic E-state index is 5.83. The molecule has 0 amide bonds. The van der Waals surface area contributed by atoms with E-state index in [-0.39, 0.29) is 12.0 Å². The monoisotopic (exact) mass is 241 g/mol. The molecule has 0 radical (unpaired) electrons. The molecule has 1 fully saturated rings. The van der Waals surface area contributed by atoms with Crippen LogP contribution in [0.3, 0.4) is 0 Å². The van der Waals surface area contributed by atoms with Crippen molar-refractivity contribution in [1.29, 1.82) is 0 Å². The second-order valence-electron chi connectivity index (χ2n) is 4.38. The first-order valence-corrected chi connectivity index (χ1v) is 5.94. The van der Waals surface area contributed by atoms with Crippen LogP contribution in [0.1, 0.15) is 30.5 Å². The average molecular weight is 241 g/mol. The van der Waals surface area contributed by atoms with E-state index >= 15 is 0 Å². The highest BCUT2D eigenvalue weighted by Crippen LogP contribution is 2.22. The Morgan fingerprint density at radius 2 is 2.47 bits per heavy atom. The number of rotatable bonds is 5. The summed E-state index contributed by atoms with van der Waals surface area (Å²) in [5.41, 5.74) is 5.83. The summed E-state index contributed by atoms with van der Waals surface area (Å²) in [6, 6.07) is -0.101. The maximum atomic E-state index is 5.83. The van der Waals surface area contributed by atoms with Gasteiger partial charge < -0.3 is 19.7 Å². The zero-order valence-corrected chi connectivity index (χ0v) is 10.1. The lowest BCUT2D eigenvalue weighted by molar-refractivity contribution is 0.0773. The highest BCUT2D eigenvalue weighted by molar-refractivity contribution is 4.97. The third-order valence-corrected chi connectivity index (χ3v) is 2.83. The van der Waals surface area contributed by atoms with Gasteiger partial charge in [0.1, 0.15) is 0 Å². The first-order valence-electron chi connectivity index (χ1n) is 5.94. The Kier molecular flexibility index (Phi) is 4.47. The van der Waals surface area contributed by atoms with Crippen molar-refractivity contribution in [1.82, 2.24) is 10.1 Å². The van der Waals surface area contributed by atoms with Crippen molar-refractivity contribution in [2.24, 2.45) is 5.73 Å². The van der Waals surface area contributed by atoms with Crippen molar-refractivity contribution in [3.05, 3.63) is 11.7 Å². The minimum absolute atomic E-state index is 0.101. The van der Waals surface area contributed by atoms with Gasteiger partial charge in [-0.2, -0.15) is 4.98 Å². The predicted molar refractivity (Wildman–Crippen MR) is 60.6 cm³/mol. The fraction of sp³-hybridized carbons (Fsp3) is 0.818. The van der Waals surface area contributed by atoms with Crippen LogP contribution in [0.2, 0.25) is 0 Å². The molecule has 0 saturated carbocycles. The van der Waals surface area contributed by atoms with Crippen LogP contribution in [0.15, 0.2) is 4.52 Å². The second kappa shape index (κ2) is 6.09. The Hall–Kier alpha value is -0.980. The van der Waals surface area contributed by atoms with Gasteiger partial charge in [0.25, 0.3) is 0 Å². The summed E-state index contributed by atoms with van der Waals surface area (Å²) in [7, 11) is 1.62. The van der Waals surface area contributed by atoms with Gasteiger partial charge in [0.05, 0.1) is 13.2 Å². The molecule has 0 aliphatic carbocycles. The highest BCUT2D eigenvalue weighted by atomic mass is 16.5.